The van der Waals surface area contributed by atoms with Crippen molar-refractivity contribution in [3.8, 4) is 17.2 Å². The van der Waals surface area contributed by atoms with Crippen LogP contribution in [0.1, 0.15) is 39.5 Å². The molecule has 5 N–H and O–H groups in total. The van der Waals surface area contributed by atoms with Crippen molar-refractivity contribution in [1.29, 1.82) is 5.41 Å². The number of phenolic OH excluding ortho intramolecular Hbond substituents is 2. The first-order valence-corrected chi connectivity index (χ1v) is 11.7. The fourth-order valence-electron chi connectivity index (χ4n) is 3.94. The Morgan fingerprint density at radius 3 is 2.42 bits per heavy atom. The van der Waals surface area contributed by atoms with Crippen LogP contribution in [0.5, 0.6) is 17.2 Å². The highest BCUT2D eigenvalue weighted by Crippen LogP contribution is 2.28. The van der Waals surface area contributed by atoms with E-state index < -0.39 is 12.1 Å². The van der Waals surface area contributed by atoms with E-state index in [-0.39, 0.29) is 35.0 Å². The van der Waals surface area contributed by atoms with Crippen LogP contribution in [0.2, 0.25) is 0 Å². The molecular formula is C29H26N4O5. The molecule has 1 heterocycles. The lowest BCUT2D eigenvalue weighted by Crippen LogP contribution is -2.34. The second-order valence-corrected chi connectivity index (χ2v) is 8.43. The monoisotopic (exact) mass is 510 g/mol. The molecule has 1 aromatic heterocycles. The standard InChI is InChI=1S/C29H26N4O5/c1-38-27-13-12-21(34)15-23(27)28(36)18-8-10-20(11-9-18)32-29(37)33-25(22-6-2-3-7-26(22)35)16-24(30)19-5-4-14-31-17-19/h2-15,17,25,30,34-35H,16H2,1H3,(H2,32,33,37). The molecule has 0 aliphatic heterocycles. The lowest BCUT2D eigenvalue weighted by Gasteiger charge is -2.21. The summed E-state index contributed by atoms with van der Waals surface area (Å²) in [6, 6.07) is 19.4. The number of ketones is 1. The number of nitrogens with zero attached hydrogens (tertiary/aromatic N) is 1. The Bertz CT molecular complexity index is 1460. The number of rotatable bonds is 9. The second-order valence-electron chi connectivity index (χ2n) is 8.43. The van der Waals surface area contributed by atoms with Gasteiger partial charge in [0.25, 0.3) is 0 Å². The molecule has 1 unspecified atom stereocenters. The lowest BCUT2D eigenvalue weighted by atomic mass is 9.97. The quantitative estimate of drug-likeness (QED) is 0.157. The summed E-state index contributed by atoms with van der Waals surface area (Å²) in [5, 5.41) is 34.2. The summed E-state index contributed by atoms with van der Waals surface area (Å²) in [4.78, 5) is 29.9. The molecule has 0 aliphatic carbocycles. The van der Waals surface area contributed by atoms with Crippen molar-refractivity contribution in [3.05, 3.63) is 114 Å². The minimum atomic E-state index is -0.692. The van der Waals surface area contributed by atoms with Gasteiger partial charge in [-0.05, 0) is 54.6 Å². The lowest BCUT2D eigenvalue weighted by molar-refractivity contribution is 0.103. The smallest absolute Gasteiger partial charge is 0.319 e. The van der Waals surface area contributed by atoms with E-state index in [0.717, 1.165) is 0 Å². The largest absolute Gasteiger partial charge is 0.508 e. The number of para-hydroxylation sites is 1. The van der Waals surface area contributed by atoms with E-state index in [1.165, 1.54) is 31.4 Å². The maximum atomic E-state index is 12.9. The third-order valence-electron chi connectivity index (χ3n) is 5.87. The molecule has 192 valence electrons. The number of aromatic nitrogens is 1. The first kappa shape index (κ1) is 25.9. The van der Waals surface area contributed by atoms with Gasteiger partial charge in [-0.2, -0.15) is 0 Å². The summed E-state index contributed by atoms with van der Waals surface area (Å²) in [6.45, 7) is 0. The first-order valence-electron chi connectivity index (χ1n) is 11.7. The molecule has 0 aliphatic rings. The van der Waals surface area contributed by atoms with Crippen molar-refractivity contribution in [2.75, 3.05) is 12.4 Å². The summed E-state index contributed by atoms with van der Waals surface area (Å²) in [6.07, 6.45) is 3.30. The van der Waals surface area contributed by atoms with Crippen LogP contribution < -0.4 is 15.4 Å². The summed E-state index contributed by atoms with van der Waals surface area (Å²) in [7, 11) is 1.44. The van der Waals surface area contributed by atoms with Crippen LogP contribution in [-0.2, 0) is 0 Å². The van der Waals surface area contributed by atoms with Crippen LogP contribution in [0.15, 0.2) is 91.3 Å². The van der Waals surface area contributed by atoms with Gasteiger partial charge < -0.3 is 31.0 Å². The number of anilines is 1. The highest BCUT2D eigenvalue weighted by Gasteiger charge is 2.21. The number of carbonyl (C=O) groups excluding carboxylic acids is 2. The van der Waals surface area contributed by atoms with Crippen molar-refractivity contribution in [1.82, 2.24) is 10.3 Å². The van der Waals surface area contributed by atoms with Crippen LogP contribution in [-0.4, -0.2) is 39.8 Å². The third-order valence-corrected chi connectivity index (χ3v) is 5.87. The summed E-state index contributed by atoms with van der Waals surface area (Å²) in [5.74, 6) is -0.0644. The van der Waals surface area contributed by atoms with E-state index in [4.69, 9.17) is 10.1 Å². The van der Waals surface area contributed by atoms with Gasteiger partial charge >= 0.3 is 6.03 Å². The predicted molar refractivity (Wildman–Crippen MR) is 143 cm³/mol. The molecule has 38 heavy (non-hydrogen) atoms. The number of nitrogens with one attached hydrogen (secondary N) is 3. The van der Waals surface area contributed by atoms with Gasteiger partial charge in [-0.25, -0.2) is 4.79 Å². The number of urea groups is 1. The Balaban J connectivity index is 1.48. The maximum absolute atomic E-state index is 12.9. The number of hydrogen-bond acceptors (Lipinski definition) is 7. The summed E-state index contributed by atoms with van der Waals surface area (Å²) >= 11 is 0. The van der Waals surface area contributed by atoms with Crippen LogP contribution in [0.4, 0.5) is 10.5 Å². The summed E-state index contributed by atoms with van der Waals surface area (Å²) < 4.78 is 5.22. The number of benzene rings is 3. The molecule has 9 heteroatoms. The van der Waals surface area contributed by atoms with E-state index >= 15 is 0 Å². The van der Waals surface area contributed by atoms with Gasteiger partial charge in [-0.1, -0.05) is 24.3 Å². The molecule has 1 atom stereocenters. The molecule has 0 bridgehead atoms. The third kappa shape index (κ3) is 6.14. The van der Waals surface area contributed by atoms with Gasteiger partial charge in [0.2, 0.25) is 0 Å². The highest BCUT2D eigenvalue weighted by molar-refractivity contribution is 6.11. The Hall–Kier alpha value is -5.18. The summed E-state index contributed by atoms with van der Waals surface area (Å²) in [5.41, 5.74) is 2.32. The maximum Gasteiger partial charge on any atom is 0.319 e. The van der Waals surface area contributed by atoms with Gasteiger partial charge in [0.15, 0.2) is 5.78 Å². The van der Waals surface area contributed by atoms with Crippen molar-refractivity contribution in [3.63, 3.8) is 0 Å². The van der Waals surface area contributed by atoms with Gasteiger partial charge in [-0.15, -0.1) is 0 Å². The number of carbonyl (C=O) groups is 2. The zero-order chi connectivity index (χ0) is 27.1. The predicted octanol–water partition coefficient (Wildman–Crippen LogP) is 5.05. The fraction of sp³-hybridized carbons (Fsp3) is 0.103. The highest BCUT2D eigenvalue weighted by atomic mass is 16.5. The van der Waals surface area contributed by atoms with E-state index in [0.29, 0.717) is 28.1 Å². The Morgan fingerprint density at radius 1 is 0.974 bits per heavy atom. The Labute approximate surface area is 219 Å². The number of methoxy groups -OCH3 is 1. The molecule has 4 aromatic rings. The van der Waals surface area contributed by atoms with Crippen LogP contribution in [0.25, 0.3) is 0 Å². The topological polar surface area (TPSA) is 145 Å². The fourth-order valence-corrected chi connectivity index (χ4v) is 3.94. The zero-order valence-electron chi connectivity index (χ0n) is 20.5. The number of phenols is 2. The molecule has 0 spiro atoms. The minimum absolute atomic E-state index is 0.00188. The molecular weight excluding hydrogens is 484 g/mol. The number of ether oxygens (including phenoxy) is 1. The Kier molecular flexibility index (Phi) is 7.98. The van der Waals surface area contributed by atoms with Crippen LogP contribution in [0, 0.1) is 5.41 Å². The minimum Gasteiger partial charge on any atom is -0.508 e. The first-order chi connectivity index (χ1) is 18.4. The molecule has 3 aromatic carbocycles. The van der Waals surface area contributed by atoms with Crippen LogP contribution >= 0.6 is 0 Å². The molecule has 0 radical (unpaired) electrons. The zero-order valence-corrected chi connectivity index (χ0v) is 20.5. The van der Waals surface area contributed by atoms with Gasteiger partial charge in [0.05, 0.1) is 18.7 Å². The molecule has 0 saturated heterocycles. The van der Waals surface area contributed by atoms with Gasteiger partial charge in [0.1, 0.15) is 17.2 Å². The second kappa shape index (κ2) is 11.7. The number of amides is 2. The number of pyridine rings is 1. The van der Waals surface area contributed by atoms with E-state index in [9.17, 15) is 19.8 Å². The average Bonchev–Trinajstić information content (AvgIpc) is 2.93. The van der Waals surface area contributed by atoms with Gasteiger partial charge in [0, 0.05) is 46.9 Å². The molecule has 0 saturated carbocycles. The molecule has 9 nitrogen and oxygen atoms in total. The van der Waals surface area contributed by atoms with Gasteiger partial charge in [-0.3, -0.25) is 9.78 Å². The van der Waals surface area contributed by atoms with Crippen molar-refractivity contribution in [2.24, 2.45) is 0 Å². The molecule has 0 fully saturated rings. The van der Waals surface area contributed by atoms with E-state index in [1.54, 1.807) is 67.0 Å². The van der Waals surface area contributed by atoms with Crippen LogP contribution in [0.3, 0.4) is 0 Å². The van der Waals surface area contributed by atoms with E-state index in [1.807, 2.05) is 0 Å². The average molecular weight is 511 g/mol. The Morgan fingerprint density at radius 2 is 1.74 bits per heavy atom. The van der Waals surface area contributed by atoms with E-state index in [2.05, 4.69) is 15.6 Å². The van der Waals surface area contributed by atoms with Crippen molar-refractivity contribution < 1.29 is 24.5 Å². The SMILES string of the molecule is COc1ccc(O)cc1C(=O)c1ccc(NC(=O)NC(CC(=N)c2cccnc2)c2ccccc2O)cc1. The molecule has 4 rings (SSSR count). The van der Waals surface area contributed by atoms with Crippen molar-refractivity contribution >= 4 is 23.2 Å². The number of hydrogen-bond donors (Lipinski definition) is 5. The number of aromatic hydroxyl groups is 2. The van der Waals surface area contributed by atoms with Crippen molar-refractivity contribution in [2.45, 2.75) is 12.5 Å². The molecule has 2 amide bonds. The normalized spacial score (nSPS) is 11.3.